The molecule has 0 saturated carbocycles. The molecule has 0 bridgehead atoms. The smallest absolute Gasteiger partial charge is 0.270 e. The molecule has 1 atom stereocenters. The van der Waals surface area contributed by atoms with Gasteiger partial charge in [-0.25, -0.2) is 8.78 Å². The molecule has 0 N–H and O–H groups in total. The minimum Gasteiger partial charge on any atom is -0.337 e. The molecular formula is C25H34F2N4O2. The predicted octanol–water partition coefficient (Wildman–Crippen LogP) is 4.26. The second-order valence-corrected chi connectivity index (χ2v) is 9.93. The maximum absolute atomic E-state index is 13.6. The Kier molecular flexibility index (Phi) is 6.49. The molecule has 2 saturated heterocycles. The van der Waals surface area contributed by atoms with E-state index in [4.69, 9.17) is 0 Å². The van der Waals surface area contributed by atoms with Crippen LogP contribution >= 0.6 is 0 Å². The minimum absolute atomic E-state index is 0.00638. The van der Waals surface area contributed by atoms with Crippen LogP contribution in [-0.4, -0.2) is 83.3 Å². The van der Waals surface area contributed by atoms with Gasteiger partial charge in [0.05, 0.1) is 0 Å². The summed E-state index contributed by atoms with van der Waals surface area (Å²) in [6.07, 6.45) is 1.46. The van der Waals surface area contributed by atoms with Gasteiger partial charge in [0, 0.05) is 67.6 Å². The lowest BCUT2D eigenvalue weighted by Crippen LogP contribution is -2.47. The highest BCUT2D eigenvalue weighted by Gasteiger charge is 2.36. The van der Waals surface area contributed by atoms with Crippen molar-refractivity contribution in [1.29, 1.82) is 0 Å². The average Bonchev–Trinajstić information content (AvgIpc) is 3.17. The van der Waals surface area contributed by atoms with E-state index >= 15 is 0 Å². The van der Waals surface area contributed by atoms with E-state index in [0.717, 1.165) is 30.3 Å². The average molecular weight is 461 g/mol. The highest BCUT2D eigenvalue weighted by molar-refractivity contribution is 6.02. The molecule has 4 rings (SSSR count). The van der Waals surface area contributed by atoms with E-state index in [1.807, 2.05) is 55.6 Å². The van der Waals surface area contributed by atoms with Crippen LogP contribution in [0.1, 0.15) is 66.4 Å². The van der Waals surface area contributed by atoms with Crippen LogP contribution in [0.15, 0.2) is 24.3 Å². The number of aromatic nitrogens is 1. The number of carbonyl (C=O) groups excluding carboxylic acids is 2. The molecule has 2 aromatic rings. The molecule has 1 aromatic carbocycles. The minimum atomic E-state index is -2.70. The molecule has 8 heteroatoms. The number of alkyl halides is 2. The predicted molar refractivity (Wildman–Crippen MR) is 125 cm³/mol. The number of carbonyl (C=O) groups is 2. The molecule has 1 aromatic heterocycles. The van der Waals surface area contributed by atoms with Crippen LogP contribution in [0.2, 0.25) is 0 Å². The van der Waals surface area contributed by atoms with Crippen molar-refractivity contribution in [3.8, 4) is 0 Å². The van der Waals surface area contributed by atoms with Crippen molar-refractivity contribution >= 4 is 22.7 Å². The van der Waals surface area contributed by atoms with Crippen molar-refractivity contribution in [2.24, 2.45) is 0 Å². The number of likely N-dealkylation sites (N-methyl/N-ethyl adjacent to an activating group) is 1. The number of piperidine rings is 2. The van der Waals surface area contributed by atoms with E-state index in [9.17, 15) is 18.4 Å². The van der Waals surface area contributed by atoms with Gasteiger partial charge in [0.15, 0.2) is 0 Å². The summed E-state index contributed by atoms with van der Waals surface area (Å²) in [5.74, 6) is -2.92. The number of likely N-dealkylation sites (tertiary alicyclic amines) is 2. The molecule has 2 aliphatic rings. The van der Waals surface area contributed by atoms with Gasteiger partial charge in [-0.3, -0.25) is 9.59 Å². The number of hydrogen-bond acceptors (Lipinski definition) is 3. The summed E-state index contributed by atoms with van der Waals surface area (Å²) in [4.78, 5) is 32.1. The Labute approximate surface area is 194 Å². The SMILES string of the molecule is CC(C)n1c(C(=O)N2CCC(F)(F)CC2)cc2cc(C(=O)N3CCCC(N(C)C)C3)ccc21. The Morgan fingerprint density at radius 1 is 1.03 bits per heavy atom. The zero-order valence-electron chi connectivity index (χ0n) is 20.0. The molecule has 180 valence electrons. The highest BCUT2D eigenvalue weighted by Crippen LogP contribution is 2.31. The molecule has 33 heavy (non-hydrogen) atoms. The first-order chi connectivity index (χ1) is 15.6. The fraction of sp³-hybridized carbons (Fsp3) is 0.600. The van der Waals surface area contributed by atoms with Gasteiger partial charge in [0.1, 0.15) is 5.69 Å². The van der Waals surface area contributed by atoms with Crippen LogP contribution in [-0.2, 0) is 0 Å². The first kappa shape index (κ1) is 23.7. The van der Waals surface area contributed by atoms with Crippen molar-refractivity contribution in [2.75, 3.05) is 40.3 Å². The molecule has 6 nitrogen and oxygen atoms in total. The molecule has 2 aliphatic heterocycles. The van der Waals surface area contributed by atoms with Crippen molar-refractivity contribution < 1.29 is 18.4 Å². The van der Waals surface area contributed by atoms with Gasteiger partial charge in [-0.15, -0.1) is 0 Å². The summed E-state index contributed by atoms with van der Waals surface area (Å²) in [5, 5.41) is 0.821. The second-order valence-electron chi connectivity index (χ2n) is 9.93. The maximum atomic E-state index is 13.6. The number of hydrogen-bond donors (Lipinski definition) is 0. The van der Waals surface area contributed by atoms with E-state index in [2.05, 4.69) is 4.90 Å². The van der Waals surface area contributed by atoms with Crippen LogP contribution in [0.25, 0.3) is 10.9 Å². The lowest BCUT2D eigenvalue weighted by atomic mass is 10.0. The largest absolute Gasteiger partial charge is 0.337 e. The summed E-state index contributed by atoms with van der Waals surface area (Å²) >= 11 is 0. The third kappa shape index (κ3) is 4.76. The quantitative estimate of drug-likeness (QED) is 0.685. The Morgan fingerprint density at radius 3 is 2.36 bits per heavy atom. The van der Waals surface area contributed by atoms with Crippen LogP contribution < -0.4 is 0 Å². The number of fused-ring (bicyclic) bond motifs is 1. The first-order valence-corrected chi connectivity index (χ1v) is 11.9. The summed E-state index contributed by atoms with van der Waals surface area (Å²) in [6.45, 7) is 5.55. The highest BCUT2D eigenvalue weighted by atomic mass is 19.3. The van der Waals surface area contributed by atoms with Gasteiger partial charge in [-0.2, -0.15) is 0 Å². The number of amides is 2. The van der Waals surface area contributed by atoms with Crippen LogP contribution in [0, 0.1) is 0 Å². The van der Waals surface area contributed by atoms with E-state index in [1.165, 1.54) is 4.90 Å². The molecule has 3 heterocycles. The molecule has 2 fully saturated rings. The molecule has 2 amide bonds. The molecule has 1 unspecified atom stereocenters. The standard InChI is InChI=1S/C25H34F2N4O2/c1-17(2)31-21-8-7-18(23(32)30-11-5-6-20(16-30)28(3)4)14-19(21)15-22(31)24(33)29-12-9-25(26,27)10-13-29/h7-8,14-15,17,20H,5-6,9-13,16H2,1-4H3. The number of rotatable bonds is 4. The third-order valence-electron chi connectivity index (χ3n) is 7.02. The van der Waals surface area contributed by atoms with Gasteiger partial charge < -0.3 is 19.3 Å². The first-order valence-electron chi connectivity index (χ1n) is 11.9. The molecule has 0 radical (unpaired) electrons. The van der Waals surface area contributed by atoms with Crippen molar-refractivity contribution in [1.82, 2.24) is 19.3 Å². The Balaban J connectivity index is 1.62. The zero-order chi connectivity index (χ0) is 23.9. The Bertz CT molecular complexity index is 1040. The van der Waals surface area contributed by atoms with E-state index in [1.54, 1.807) is 6.07 Å². The van der Waals surface area contributed by atoms with Crippen molar-refractivity contribution in [3.63, 3.8) is 0 Å². The summed E-state index contributed by atoms with van der Waals surface area (Å²) < 4.78 is 29.1. The van der Waals surface area contributed by atoms with E-state index < -0.39 is 5.92 Å². The van der Waals surface area contributed by atoms with Gasteiger partial charge >= 0.3 is 0 Å². The van der Waals surface area contributed by atoms with Crippen molar-refractivity contribution in [3.05, 3.63) is 35.5 Å². The molecular weight excluding hydrogens is 426 g/mol. The van der Waals surface area contributed by atoms with Crippen LogP contribution in [0.4, 0.5) is 8.78 Å². The second kappa shape index (κ2) is 9.05. The summed E-state index contributed by atoms with van der Waals surface area (Å²) in [6, 6.07) is 7.76. The Hall–Kier alpha value is -2.48. The maximum Gasteiger partial charge on any atom is 0.270 e. The van der Waals surface area contributed by atoms with Crippen LogP contribution in [0.5, 0.6) is 0 Å². The molecule has 0 aliphatic carbocycles. The third-order valence-corrected chi connectivity index (χ3v) is 7.02. The fourth-order valence-electron chi connectivity index (χ4n) is 5.03. The normalized spacial score (nSPS) is 21.3. The van der Waals surface area contributed by atoms with Crippen molar-refractivity contribution in [2.45, 2.75) is 57.5 Å². The summed E-state index contributed by atoms with van der Waals surface area (Å²) in [7, 11) is 4.09. The van der Waals surface area contributed by atoms with Gasteiger partial charge in [0.2, 0.25) is 0 Å². The van der Waals surface area contributed by atoms with Gasteiger partial charge in [-0.05, 0) is 65.0 Å². The zero-order valence-corrected chi connectivity index (χ0v) is 20.0. The number of benzene rings is 1. The fourth-order valence-corrected chi connectivity index (χ4v) is 5.03. The van der Waals surface area contributed by atoms with Crippen LogP contribution in [0.3, 0.4) is 0 Å². The lowest BCUT2D eigenvalue weighted by Gasteiger charge is -2.36. The summed E-state index contributed by atoms with van der Waals surface area (Å²) in [5.41, 5.74) is 1.97. The number of nitrogens with zero attached hydrogens (tertiary/aromatic N) is 4. The van der Waals surface area contributed by atoms with E-state index in [-0.39, 0.29) is 43.8 Å². The van der Waals surface area contributed by atoms with Gasteiger partial charge in [-0.1, -0.05) is 0 Å². The lowest BCUT2D eigenvalue weighted by molar-refractivity contribution is -0.0495. The number of halogens is 2. The topological polar surface area (TPSA) is 48.8 Å². The van der Waals surface area contributed by atoms with Gasteiger partial charge in [0.25, 0.3) is 17.7 Å². The molecule has 0 spiro atoms. The van der Waals surface area contributed by atoms with E-state index in [0.29, 0.717) is 23.8 Å². The monoisotopic (exact) mass is 460 g/mol. The Morgan fingerprint density at radius 2 is 1.73 bits per heavy atom.